The molecule has 0 radical (unpaired) electrons. The predicted octanol–water partition coefficient (Wildman–Crippen LogP) is 0.968. The van der Waals surface area contributed by atoms with E-state index >= 15 is 0 Å². The molecule has 0 unspecified atom stereocenters. The molecule has 0 bridgehead atoms. The molecular weight excluding hydrogens is 1890 g/mol. The predicted molar refractivity (Wildman–Crippen MR) is 253 cm³/mol. The molecule has 0 saturated heterocycles. The normalized spacial score (nSPS) is 4.50. The maximum Gasteiger partial charge on any atom is 0.674 e. The molecule has 0 saturated carbocycles. The highest BCUT2D eigenvalue weighted by Crippen LogP contribution is 1.59. The van der Waals surface area contributed by atoms with Crippen molar-refractivity contribution in [1.82, 2.24) is 0 Å². The second-order valence-electron chi connectivity index (χ2n) is 1.86. The van der Waals surface area contributed by atoms with Crippen LogP contribution in [0.1, 0.15) is 0 Å². The smallest absolute Gasteiger partial charge is 0.398 e. The van der Waals surface area contributed by atoms with Crippen molar-refractivity contribution < 1.29 is 86.2 Å². The SMILES string of the molecule is I.I.I.I.I.I.I.I.I.I.I.I.OB(O)F.OB(O)F.OB(O)F.OB(O)F.OB(O)F.OB(O)F. The molecule has 0 atom stereocenters. The zero-order valence-corrected chi connectivity index (χ0v) is 44.0. The van der Waals surface area contributed by atoms with Crippen molar-refractivity contribution >= 4 is 332 Å². The summed E-state index contributed by atoms with van der Waals surface area (Å²) in [4.78, 5) is 0. The fourth-order valence-electron chi connectivity index (χ4n) is 0. The molecule has 0 amide bonds. The Kier molecular flexibility index (Phi) is 374. The summed E-state index contributed by atoms with van der Waals surface area (Å²) in [6.45, 7) is 0. The van der Waals surface area contributed by atoms with Gasteiger partial charge in [0, 0.05) is 0 Å². The largest absolute Gasteiger partial charge is 0.674 e. The van der Waals surface area contributed by atoms with Gasteiger partial charge in [-0.2, -0.15) is 0 Å². The van der Waals surface area contributed by atoms with E-state index in [1.807, 2.05) is 0 Å². The van der Waals surface area contributed by atoms with Crippen molar-refractivity contribution in [3.05, 3.63) is 0 Å². The van der Waals surface area contributed by atoms with E-state index in [4.69, 9.17) is 60.3 Å². The lowest BCUT2D eigenvalue weighted by Gasteiger charge is -1.65. The molecule has 0 aromatic rings. The van der Waals surface area contributed by atoms with Crippen molar-refractivity contribution in [2.24, 2.45) is 0 Å². The van der Waals surface area contributed by atoms with E-state index in [-0.39, 0.29) is 288 Å². The lowest BCUT2D eigenvalue weighted by atomic mass is 10.3. The molecule has 0 aliphatic heterocycles. The van der Waals surface area contributed by atoms with Gasteiger partial charge in [0.2, 0.25) is 0 Å². The first-order chi connectivity index (χ1) is 10.4. The summed E-state index contributed by atoms with van der Waals surface area (Å²) in [6.07, 6.45) is 0. The molecule has 0 heterocycles. The molecule has 0 rings (SSSR count). The first kappa shape index (κ1) is 120. The summed E-state index contributed by atoms with van der Waals surface area (Å²) >= 11 is 0. The molecule has 12 N–H and O–H groups in total. The van der Waals surface area contributed by atoms with Crippen LogP contribution in [0.25, 0.3) is 0 Å². The van der Waals surface area contributed by atoms with Crippen molar-refractivity contribution in [2.45, 2.75) is 0 Å². The molecule has 36 heteroatoms. The van der Waals surface area contributed by atoms with Crippen LogP contribution in [-0.4, -0.2) is 105 Å². The topological polar surface area (TPSA) is 243 Å². The summed E-state index contributed by atoms with van der Waals surface area (Å²) in [5.74, 6) is 0. The molecule has 0 spiro atoms. The third-order valence-corrected chi connectivity index (χ3v) is 0. The average molecular weight is 1920 g/mol. The van der Waals surface area contributed by atoms with E-state index in [2.05, 4.69) is 0 Å². The van der Waals surface area contributed by atoms with Gasteiger partial charge in [-0.15, -0.1) is 288 Å². The summed E-state index contributed by atoms with van der Waals surface area (Å²) in [6, 6.07) is 0. The van der Waals surface area contributed by atoms with Crippen molar-refractivity contribution in [3.63, 3.8) is 0 Å². The van der Waals surface area contributed by atoms with Crippen molar-refractivity contribution in [1.29, 1.82) is 0 Å². The Balaban J connectivity index is -0.00000000633. The molecular formula is H24B6F6I12O12. The van der Waals surface area contributed by atoms with Crippen LogP contribution in [0.3, 0.4) is 0 Å². The standard InChI is InChI=1S/6BFH2O2.12HI/c6*2-1(3)4;;;;;;;;;;;;/h6*3-4H;12*1H. The zero-order chi connectivity index (χ0) is 21.5. The lowest BCUT2D eigenvalue weighted by molar-refractivity contribution is 0.338. The van der Waals surface area contributed by atoms with Gasteiger partial charge in [-0.05, 0) is 0 Å². The highest BCUT2D eigenvalue weighted by Gasteiger charge is 1.99. The first-order valence-electron chi connectivity index (χ1n) is 4.41. The highest BCUT2D eigenvalue weighted by molar-refractivity contribution is 14.0. The van der Waals surface area contributed by atoms with Gasteiger partial charge in [0.25, 0.3) is 0 Å². The fraction of sp³-hybridized carbons (Fsp3) is 0. The number of hydrogen-bond acceptors (Lipinski definition) is 12. The van der Waals surface area contributed by atoms with Gasteiger partial charge in [0.1, 0.15) is 0 Å². The Morgan fingerprint density at radius 1 is 0.194 bits per heavy atom. The van der Waals surface area contributed by atoms with Gasteiger partial charge in [-0.25, -0.2) is 0 Å². The molecule has 12 nitrogen and oxygen atoms in total. The summed E-state index contributed by atoms with van der Waals surface area (Å²) in [7, 11) is -16.0. The van der Waals surface area contributed by atoms with Gasteiger partial charge < -0.3 is 60.3 Å². The molecule has 36 heavy (non-hydrogen) atoms. The van der Waals surface area contributed by atoms with Crippen LogP contribution in [0.2, 0.25) is 0 Å². The third-order valence-electron chi connectivity index (χ3n) is 0. The van der Waals surface area contributed by atoms with E-state index in [9.17, 15) is 25.9 Å². The van der Waals surface area contributed by atoms with Crippen LogP contribution < -0.4 is 0 Å². The summed E-state index contributed by atoms with van der Waals surface area (Å²) < 4.78 is 60.7. The van der Waals surface area contributed by atoms with E-state index in [0.29, 0.717) is 0 Å². The van der Waals surface area contributed by atoms with Crippen LogP contribution in [-0.2, 0) is 0 Å². The minimum Gasteiger partial charge on any atom is -0.398 e. The van der Waals surface area contributed by atoms with E-state index in [1.54, 1.807) is 0 Å². The third kappa shape index (κ3) is 1060. The zero-order valence-electron chi connectivity index (χ0n) is 16.0. The van der Waals surface area contributed by atoms with Gasteiger partial charge in [0.15, 0.2) is 0 Å². The van der Waals surface area contributed by atoms with Crippen molar-refractivity contribution in [2.75, 3.05) is 0 Å². The van der Waals surface area contributed by atoms with Gasteiger partial charge in [0.05, 0.1) is 0 Å². The van der Waals surface area contributed by atoms with Crippen LogP contribution in [0, 0.1) is 0 Å². The van der Waals surface area contributed by atoms with E-state index in [1.165, 1.54) is 0 Å². The minimum atomic E-state index is -2.67. The maximum absolute atomic E-state index is 10.1. The molecule has 0 aliphatic carbocycles. The summed E-state index contributed by atoms with van der Waals surface area (Å²) in [5.41, 5.74) is 0. The van der Waals surface area contributed by atoms with Crippen LogP contribution in [0.15, 0.2) is 0 Å². The monoisotopic (exact) mass is 1920 g/mol. The molecule has 240 valence electrons. The number of rotatable bonds is 0. The Bertz CT molecular complexity index is 144. The van der Waals surface area contributed by atoms with Crippen LogP contribution >= 0.6 is 288 Å². The Morgan fingerprint density at radius 3 is 0.194 bits per heavy atom. The Labute approximate surface area is 409 Å². The molecule has 0 aromatic heterocycles. The maximum atomic E-state index is 10.1. The molecule has 0 fully saturated rings. The minimum absolute atomic E-state index is 0. The van der Waals surface area contributed by atoms with E-state index < -0.39 is 44.4 Å². The molecule has 0 aliphatic rings. The summed E-state index contributed by atoms with van der Waals surface area (Å²) in [5, 5.41) is 83.3. The Hall–Kier alpha value is 8.25. The molecule has 0 aromatic carbocycles. The highest BCUT2D eigenvalue weighted by atomic mass is 127. The van der Waals surface area contributed by atoms with Gasteiger partial charge >= 0.3 is 44.4 Å². The second-order valence-corrected chi connectivity index (χ2v) is 1.86. The number of hydrogen-bond donors (Lipinski definition) is 12. The van der Waals surface area contributed by atoms with Gasteiger partial charge in [-0.3, -0.25) is 25.9 Å². The van der Waals surface area contributed by atoms with Crippen LogP contribution in [0.4, 0.5) is 25.9 Å². The number of halogens is 18. The fourth-order valence-corrected chi connectivity index (χ4v) is 0. The lowest BCUT2D eigenvalue weighted by Crippen LogP contribution is -1.98. The van der Waals surface area contributed by atoms with Gasteiger partial charge in [-0.1, -0.05) is 0 Å². The Morgan fingerprint density at radius 2 is 0.194 bits per heavy atom. The first-order valence-corrected chi connectivity index (χ1v) is 4.41. The van der Waals surface area contributed by atoms with Crippen molar-refractivity contribution in [3.8, 4) is 0 Å². The van der Waals surface area contributed by atoms with Crippen LogP contribution in [0.5, 0.6) is 0 Å². The quantitative estimate of drug-likeness (QED) is 0.0924. The van der Waals surface area contributed by atoms with E-state index in [0.717, 1.165) is 0 Å². The second kappa shape index (κ2) is 112. The average Bonchev–Trinajstić information content (AvgIpc) is 2.08.